The summed E-state index contributed by atoms with van der Waals surface area (Å²) in [4.78, 5) is 22.1. The van der Waals surface area contributed by atoms with Crippen LogP contribution in [0.5, 0.6) is 0 Å². The van der Waals surface area contributed by atoms with Crippen molar-refractivity contribution in [1.82, 2.24) is 29.1 Å². The number of para-hydroxylation sites is 2. The Bertz CT molecular complexity index is 3120. The zero-order valence-corrected chi connectivity index (χ0v) is 28.3. The molecule has 0 spiro atoms. The lowest BCUT2D eigenvalue weighted by Crippen LogP contribution is -2.03. The van der Waals surface area contributed by atoms with E-state index in [9.17, 15) is 8.78 Å². The zero-order chi connectivity index (χ0) is 36.3. The van der Waals surface area contributed by atoms with Gasteiger partial charge in [-0.2, -0.15) is 0 Å². The molecule has 0 aliphatic rings. The normalized spacial score (nSPS) is 11.5. The van der Waals surface area contributed by atoms with E-state index >= 15 is 0 Å². The number of rotatable bonds is 5. The summed E-state index contributed by atoms with van der Waals surface area (Å²) >= 11 is 0. The number of benzene rings is 6. The van der Waals surface area contributed by atoms with Gasteiger partial charge < -0.3 is 9.13 Å². The highest BCUT2D eigenvalue weighted by atomic mass is 19.1. The molecule has 0 aliphatic carbocycles. The number of nitrogens with zero attached hydrogens (tertiary/aromatic N) is 7. The summed E-state index contributed by atoms with van der Waals surface area (Å²) in [6.07, 6.45) is 6.85. The van der Waals surface area contributed by atoms with Gasteiger partial charge in [-0.25, -0.2) is 33.6 Å². The number of hydrogen-bond acceptors (Lipinski definition) is 4. The molecular formula is C45H25F2N7. The molecule has 0 saturated carbocycles. The second-order valence-corrected chi connectivity index (χ2v) is 12.9. The van der Waals surface area contributed by atoms with Gasteiger partial charge in [0.2, 0.25) is 5.69 Å². The van der Waals surface area contributed by atoms with Crippen LogP contribution in [0.3, 0.4) is 0 Å². The Labute approximate surface area is 306 Å². The van der Waals surface area contributed by atoms with Crippen molar-refractivity contribution in [3.63, 3.8) is 0 Å². The molecule has 0 amide bonds. The Morgan fingerprint density at radius 1 is 0.463 bits per heavy atom. The molecule has 0 radical (unpaired) electrons. The maximum Gasteiger partial charge on any atom is 0.234 e. The molecule has 10 rings (SSSR count). The summed E-state index contributed by atoms with van der Waals surface area (Å²) in [5, 5.41) is 3.82. The first-order valence-corrected chi connectivity index (χ1v) is 17.2. The molecule has 10 aromatic rings. The van der Waals surface area contributed by atoms with Crippen molar-refractivity contribution in [2.24, 2.45) is 0 Å². The smallest absolute Gasteiger partial charge is 0.234 e. The van der Waals surface area contributed by atoms with Crippen LogP contribution in [-0.4, -0.2) is 29.1 Å². The molecule has 254 valence electrons. The zero-order valence-electron chi connectivity index (χ0n) is 28.3. The van der Waals surface area contributed by atoms with Crippen LogP contribution in [0, 0.1) is 18.2 Å². The van der Waals surface area contributed by atoms with Gasteiger partial charge in [0.15, 0.2) is 11.6 Å². The van der Waals surface area contributed by atoms with Gasteiger partial charge in [0.1, 0.15) is 11.6 Å². The molecule has 0 atom stereocenters. The van der Waals surface area contributed by atoms with Crippen LogP contribution >= 0.6 is 0 Å². The molecule has 0 fully saturated rings. The molecule has 0 bridgehead atoms. The van der Waals surface area contributed by atoms with E-state index in [4.69, 9.17) is 6.57 Å². The van der Waals surface area contributed by atoms with Crippen molar-refractivity contribution in [3.05, 3.63) is 175 Å². The predicted molar refractivity (Wildman–Crippen MR) is 209 cm³/mol. The number of halogens is 2. The van der Waals surface area contributed by atoms with Crippen molar-refractivity contribution >= 4 is 49.3 Å². The standard InChI is InChI=1S/C45H25F2N7/c1-48-42-41(53-37-10-4-2-8-33(37)35-24-27(12-15-39(35)53)44-49-18-6-19-50-44)17-14-32(29-22-30(46)26-31(47)23-29)43(42)54-38-11-5-3-9-34(38)36-25-28(13-16-40(36)54)45-51-20-7-21-52-45/h2-26H. The second kappa shape index (κ2) is 12.3. The lowest BCUT2D eigenvalue weighted by Gasteiger charge is -2.20. The van der Waals surface area contributed by atoms with Gasteiger partial charge in [-0.3, -0.25) is 0 Å². The summed E-state index contributed by atoms with van der Waals surface area (Å²) in [6.45, 7) is 8.82. The van der Waals surface area contributed by atoms with E-state index in [1.807, 2.05) is 89.5 Å². The van der Waals surface area contributed by atoms with Crippen LogP contribution in [0.4, 0.5) is 14.5 Å². The van der Waals surface area contributed by atoms with Gasteiger partial charge in [-0.1, -0.05) is 42.5 Å². The Morgan fingerprint density at radius 3 is 1.52 bits per heavy atom. The Balaban J connectivity index is 1.32. The first kappa shape index (κ1) is 31.2. The number of hydrogen-bond donors (Lipinski definition) is 0. The SMILES string of the molecule is [C-]#[N+]c1c(-n2c3ccccc3c3cc(-c4ncccn4)ccc32)ccc(-c2cc(F)cc(F)c2)c1-n1c2ccccc2c2cc(-c3ncccn3)ccc21. The highest BCUT2D eigenvalue weighted by molar-refractivity contribution is 6.13. The van der Waals surface area contributed by atoms with Crippen LogP contribution < -0.4 is 0 Å². The average Bonchev–Trinajstić information content (AvgIpc) is 3.72. The third kappa shape index (κ3) is 4.85. The molecule has 7 nitrogen and oxygen atoms in total. The van der Waals surface area contributed by atoms with E-state index in [-0.39, 0.29) is 0 Å². The van der Waals surface area contributed by atoms with E-state index in [2.05, 4.69) is 41.5 Å². The minimum Gasteiger partial charge on any atom is -0.319 e. The highest BCUT2D eigenvalue weighted by Gasteiger charge is 2.25. The van der Waals surface area contributed by atoms with Crippen molar-refractivity contribution in [2.45, 2.75) is 0 Å². The minimum atomic E-state index is -0.709. The molecule has 0 aliphatic heterocycles. The molecular weight excluding hydrogens is 677 g/mol. The van der Waals surface area contributed by atoms with E-state index in [0.29, 0.717) is 39.8 Å². The fraction of sp³-hybridized carbons (Fsp3) is 0. The summed E-state index contributed by atoms with van der Waals surface area (Å²) in [5.74, 6) is -0.218. The Kier molecular flexibility index (Phi) is 7.10. The van der Waals surface area contributed by atoms with Crippen molar-refractivity contribution in [2.75, 3.05) is 0 Å². The largest absolute Gasteiger partial charge is 0.319 e. The Morgan fingerprint density at radius 2 is 0.963 bits per heavy atom. The predicted octanol–water partition coefficient (Wildman–Crippen LogP) is 11.3. The van der Waals surface area contributed by atoms with E-state index in [0.717, 1.165) is 60.8 Å². The van der Waals surface area contributed by atoms with Gasteiger partial charge in [-0.05, 0) is 90.0 Å². The van der Waals surface area contributed by atoms with Crippen molar-refractivity contribution in [1.29, 1.82) is 0 Å². The van der Waals surface area contributed by atoms with Crippen LogP contribution in [-0.2, 0) is 0 Å². The van der Waals surface area contributed by atoms with E-state index in [1.165, 1.54) is 12.1 Å². The van der Waals surface area contributed by atoms with Crippen LogP contribution in [0.2, 0.25) is 0 Å². The molecule has 0 saturated heterocycles. The first-order chi connectivity index (χ1) is 26.6. The fourth-order valence-corrected chi connectivity index (χ4v) is 7.65. The van der Waals surface area contributed by atoms with E-state index in [1.54, 1.807) is 36.9 Å². The van der Waals surface area contributed by atoms with Gasteiger partial charge in [0.25, 0.3) is 0 Å². The quantitative estimate of drug-likeness (QED) is 0.168. The first-order valence-electron chi connectivity index (χ1n) is 17.2. The van der Waals surface area contributed by atoms with Gasteiger partial charge in [0, 0.05) is 63.5 Å². The van der Waals surface area contributed by atoms with E-state index < -0.39 is 11.6 Å². The van der Waals surface area contributed by atoms with Gasteiger partial charge in [-0.15, -0.1) is 0 Å². The lowest BCUT2D eigenvalue weighted by atomic mass is 10.00. The lowest BCUT2D eigenvalue weighted by molar-refractivity contribution is 0.584. The third-order valence-corrected chi connectivity index (χ3v) is 9.87. The van der Waals surface area contributed by atoms with Crippen molar-refractivity contribution in [3.8, 4) is 45.3 Å². The minimum absolute atomic E-state index is 0.313. The topological polar surface area (TPSA) is 65.8 Å². The molecule has 54 heavy (non-hydrogen) atoms. The van der Waals surface area contributed by atoms with Gasteiger partial charge in [0.05, 0.1) is 40.0 Å². The molecule has 4 heterocycles. The molecule has 0 unspecified atom stereocenters. The summed E-state index contributed by atoms with van der Waals surface area (Å²) in [6, 6.07) is 38.8. The summed E-state index contributed by atoms with van der Waals surface area (Å²) in [5.41, 5.74) is 7.37. The molecule has 4 aromatic heterocycles. The Hall–Kier alpha value is -7.57. The highest BCUT2D eigenvalue weighted by Crippen LogP contribution is 2.46. The van der Waals surface area contributed by atoms with Crippen LogP contribution in [0.25, 0.3) is 93.7 Å². The summed E-state index contributed by atoms with van der Waals surface area (Å²) < 4.78 is 34.0. The second-order valence-electron chi connectivity index (χ2n) is 12.9. The monoisotopic (exact) mass is 701 g/mol. The van der Waals surface area contributed by atoms with Crippen molar-refractivity contribution < 1.29 is 8.78 Å². The third-order valence-electron chi connectivity index (χ3n) is 9.87. The number of fused-ring (bicyclic) bond motifs is 6. The molecule has 6 aromatic carbocycles. The average molecular weight is 702 g/mol. The number of aromatic nitrogens is 6. The van der Waals surface area contributed by atoms with Gasteiger partial charge >= 0.3 is 0 Å². The maximum absolute atomic E-state index is 15.0. The summed E-state index contributed by atoms with van der Waals surface area (Å²) in [7, 11) is 0. The van der Waals surface area contributed by atoms with Crippen LogP contribution in [0.1, 0.15) is 0 Å². The molecule has 9 heteroatoms. The van der Waals surface area contributed by atoms with Crippen LogP contribution in [0.15, 0.2) is 152 Å². The fourth-order valence-electron chi connectivity index (χ4n) is 7.65. The maximum atomic E-state index is 15.0. The molecule has 0 N–H and O–H groups in total.